The molecule has 0 aromatic rings. The summed E-state index contributed by atoms with van der Waals surface area (Å²) < 4.78 is 0. The van der Waals surface area contributed by atoms with Crippen molar-refractivity contribution in [3.63, 3.8) is 0 Å². The molecule has 5 heteroatoms. The lowest BCUT2D eigenvalue weighted by atomic mass is 10.2. The van der Waals surface area contributed by atoms with Crippen molar-refractivity contribution in [2.75, 3.05) is 24.7 Å². The molecule has 0 spiro atoms. The Hall–Kier alpha value is -0.970. The standard InChI is InChI=1S/C15H26N2O2S/c1-5-7-16(8-6-2)15(19)13-10-20-11-17(13)14(18)9-12(3)4/h9,13H,5-8,10-11H2,1-4H3. The predicted molar refractivity (Wildman–Crippen MR) is 84.6 cm³/mol. The van der Waals surface area contributed by atoms with E-state index in [1.165, 1.54) is 0 Å². The highest BCUT2D eigenvalue weighted by molar-refractivity contribution is 7.99. The van der Waals surface area contributed by atoms with E-state index in [-0.39, 0.29) is 17.9 Å². The number of rotatable bonds is 6. The molecule has 1 saturated heterocycles. The van der Waals surface area contributed by atoms with Gasteiger partial charge in [-0.3, -0.25) is 9.59 Å². The zero-order valence-electron chi connectivity index (χ0n) is 13.0. The van der Waals surface area contributed by atoms with E-state index in [0.717, 1.165) is 31.5 Å². The monoisotopic (exact) mass is 298 g/mol. The van der Waals surface area contributed by atoms with Crippen LogP contribution in [0.2, 0.25) is 0 Å². The molecule has 1 aliphatic rings. The van der Waals surface area contributed by atoms with Crippen molar-refractivity contribution in [1.29, 1.82) is 0 Å². The number of amides is 2. The van der Waals surface area contributed by atoms with E-state index >= 15 is 0 Å². The van der Waals surface area contributed by atoms with E-state index in [0.29, 0.717) is 11.6 Å². The smallest absolute Gasteiger partial charge is 0.247 e. The first-order valence-electron chi connectivity index (χ1n) is 7.33. The largest absolute Gasteiger partial charge is 0.341 e. The topological polar surface area (TPSA) is 40.6 Å². The third-order valence-corrected chi connectivity index (χ3v) is 4.17. The molecule has 0 bridgehead atoms. The van der Waals surface area contributed by atoms with Gasteiger partial charge in [-0.25, -0.2) is 0 Å². The molecule has 1 rings (SSSR count). The fraction of sp³-hybridized carbons (Fsp3) is 0.733. The van der Waals surface area contributed by atoms with Gasteiger partial charge >= 0.3 is 0 Å². The van der Waals surface area contributed by atoms with Crippen LogP contribution in [0.15, 0.2) is 11.6 Å². The first-order chi connectivity index (χ1) is 9.51. The lowest BCUT2D eigenvalue weighted by Crippen LogP contribution is -2.49. The summed E-state index contributed by atoms with van der Waals surface area (Å²) in [6, 6.07) is -0.291. The Morgan fingerprint density at radius 1 is 1.25 bits per heavy atom. The summed E-state index contributed by atoms with van der Waals surface area (Å²) in [5.41, 5.74) is 0.970. The minimum absolute atomic E-state index is 0.0405. The highest BCUT2D eigenvalue weighted by Gasteiger charge is 2.35. The zero-order valence-corrected chi connectivity index (χ0v) is 13.8. The van der Waals surface area contributed by atoms with Gasteiger partial charge < -0.3 is 9.80 Å². The minimum atomic E-state index is -0.291. The third kappa shape index (κ3) is 4.54. The van der Waals surface area contributed by atoms with E-state index in [4.69, 9.17) is 0 Å². The molecule has 1 unspecified atom stereocenters. The number of hydrogen-bond donors (Lipinski definition) is 0. The van der Waals surface area contributed by atoms with Crippen molar-refractivity contribution in [3.05, 3.63) is 11.6 Å². The van der Waals surface area contributed by atoms with Crippen LogP contribution in [0.25, 0.3) is 0 Å². The molecule has 1 heterocycles. The molecular weight excluding hydrogens is 272 g/mol. The fourth-order valence-electron chi connectivity index (χ4n) is 2.28. The maximum atomic E-state index is 12.6. The molecule has 0 aromatic carbocycles. The molecule has 0 saturated carbocycles. The Morgan fingerprint density at radius 3 is 2.35 bits per heavy atom. The van der Waals surface area contributed by atoms with Gasteiger partial charge in [-0.2, -0.15) is 0 Å². The minimum Gasteiger partial charge on any atom is -0.341 e. The van der Waals surface area contributed by atoms with E-state index in [9.17, 15) is 9.59 Å². The number of hydrogen-bond acceptors (Lipinski definition) is 3. The maximum absolute atomic E-state index is 12.6. The molecule has 1 aliphatic heterocycles. The van der Waals surface area contributed by atoms with Gasteiger partial charge in [0.1, 0.15) is 6.04 Å². The van der Waals surface area contributed by atoms with Crippen molar-refractivity contribution in [2.45, 2.75) is 46.6 Å². The van der Waals surface area contributed by atoms with Gasteiger partial charge in [-0.1, -0.05) is 19.4 Å². The Labute approximate surface area is 126 Å². The van der Waals surface area contributed by atoms with Gasteiger partial charge in [-0.15, -0.1) is 11.8 Å². The van der Waals surface area contributed by atoms with Crippen LogP contribution < -0.4 is 0 Å². The lowest BCUT2D eigenvalue weighted by Gasteiger charge is -2.29. The Balaban J connectivity index is 2.79. The summed E-state index contributed by atoms with van der Waals surface area (Å²) in [5, 5.41) is 0. The Morgan fingerprint density at radius 2 is 1.85 bits per heavy atom. The van der Waals surface area contributed by atoms with Crippen LogP contribution in [0.4, 0.5) is 0 Å². The summed E-state index contributed by atoms with van der Waals surface area (Å²) in [7, 11) is 0. The van der Waals surface area contributed by atoms with Crippen LogP contribution in [0, 0.1) is 0 Å². The maximum Gasteiger partial charge on any atom is 0.247 e. The molecule has 0 N–H and O–H groups in total. The van der Waals surface area contributed by atoms with E-state index in [2.05, 4.69) is 13.8 Å². The van der Waals surface area contributed by atoms with Gasteiger partial charge in [0.2, 0.25) is 11.8 Å². The number of nitrogens with zero attached hydrogens (tertiary/aromatic N) is 2. The second-order valence-electron chi connectivity index (χ2n) is 5.37. The second-order valence-corrected chi connectivity index (χ2v) is 6.37. The van der Waals surface area contributed by atoms with Gasteiger partial charge in [0.15, 0.2) is 0 Å². The van der Waals surface area contributed by atoms with Crippen molar-refractivity contribution in [2.24, 2.45) is 0 Å². The van der Waals surface area contributed by atoms with Crippen LogP contribution in [0.1, 0.15) is 40.5 Å². The normalized spacial score (nSPS) is 18.0. The average Bonchev–Trinajstić information content (AvgIpc) is 2.86. The number of allylic oxidation sites excluding steroid dienone is 1. The number of carbonyl (C=O) groups excluding carboxylic acids is 2. The van der Waals surface area contributed by atoms with Gasteiger partial charge in [0, 0.05) is 24.9 Å². The van der Waals surface area contributed by atoms with Gasteiger partial charge in [0.05, 0.1) is 5.88 Å². The van der Waals surface area contributed by atoms with Crippen molar-refractivity contribution in [3.8, 4) is 0 Å². The lowest BCUT2D eigenvalue weighted by molar-refractivity contribution is -0.141. The van der Waals surface area contributed by atoms with E-state index in [1.54, 1.807) is 22.7 Å². The highest BCUT2D eigenvalue weighted by Crippen LogP contribution is 2.23. The molecule has 0 radical (unpaired) electrons. The second kappa shape index (κ2) is 8.35. The van der Waals surface area contributed by atoms with Crippen LogP contribution >= 0.6 is 11.8 Å². The molecule has 114 valence electrons. The van der Waals surface area contributed by atoms with Crippen molar-refractivity contribution < 1.29 is 9.59 Å². The highest BCUT2D eigenvalue weighted by atomic mass is 32.2. The van der Waals surface area contributed by atoms with Crippen LogP contribution in [-0.2, 0) is 9.59 Å². The van der Waals surface area contributed by atoms with Gasteiger partial charge in [0.25, 0.3) is 0 Å². The van der Waals surface area contributed by atoms with Crippen LogP contribution in [-0.4, -0.2) is 52.4 Å². The van der Waals surface area contributed by atoms with Crippen LogP contribution in [0.3, 0.4) is 0 Å². The summed E-state index contributed by atoms with van der Waals surface area (Å²) in [6.07, 6.45) is 3.52. The third-order valence-electron chi connectivity index (χ3n) is 3.16. The molecular formula is C15H26N2O2S. The first kappa shape index (κ1) is 17.1. The summed E-state index contributed by atoms with van der Waals surface area (Å²) in [4.78, 5) is 28.4. The number of thioether (sulfide) groups is 1. The van der Waals surface area contributed by atoms with Crippen LogP contribution in [0.5, 0.6) is 0 Å². The first-order valence-corrected chi connectivity index (χ1v) is 8.48. The van der Waals surface area contributed by atoms with E-state index in [1.807, 2.05) is 18.7 Å². The average molecular weight is 298 g/mol. The Kier molecular flexibility index (Phi) is 7.13. The molecule has 2 amide bonds. The summed E-state index contributed by atoms with van der Waals surface area (Å²) in [5.74, 6) is 1.39. The summed E-state index contributed by atoms with van der Waals surface area (Å²) in [6.45, 7) is 9.50. The van der Waals surface area contributed by atoms with Crippen molar-refractivity contribution in [1.82, 2.24) is 9.80 Å². The molecule has 1 fully saturated rings. The van der Waals surface area contributed by atoms with Crippen molar-refractivity contribution >= 4 is 23.6 Å². The molecule has 0 aromatic heterocycles. The molecule has 0 aliphatic carbocycles. The zero-order chi connectivity index (χ0) is 15.1. The Bertz CT molecular complexity index is 372. The SMILES string of the molecule is CCCN(CCC)C(=O)C1CSCN1C(=O)C=C(C)C. The fourth-order valence-corrected chi connectivity index (χ4v) is 3.43. The molecule has 4 nitrogen and oxygen atoms in total. The predicted octanol–water partition coefficient (Wildman–Crippen LogP) is 2.50. The number of carbonyl (C=O) groups is 2. The molecule has 20 heavy (non-hydrogen) atoms. The molecule has 1 atom stereocenters. The van der Waals surface area contributed by atoms with Gasteiger partial charge in [-0.05, 0) is 26.7 Å². The summed E-state index contributed by atoms with van der Waals surface area (Å²) >= 11 is 1.66. The van der Waals surface area contributed by atoms with E-state index < -0.39 is 0 Å². The quantitative estimate of drug-likeness (QED) is 0.707.